The monoisotopic (exact) mass is 305 g/mol. The van der Waals surface area contributed by atoms with E-state index in [2.05, 4.69) is 5.32 Å². The predicted molar refractivity (Wildman–Crippen MR) is 82.7 cm³/mol. The largest absolute Gasteiger partial charge is 0.392 e. The van der Waals surface area contributed by atoms with Crippen LogP contribution in [0.3, 0.4) is 0 Å². The van der Waals surface area contributed by atoms with E-state index in [1.165, 1.54) is 17.8 Å². The minimum atomic E-state index is -0.270. The van der Waals surface area contributed by atoms with Crippen LogP contribution in [0.5, 0.6) is 0 Å². The van der Waals surface area contributed by atoms with Gasteiger partial charge in [0, 0.05) is 28.3 Å². The number of benzene rings is 2. The number of rotatable bonds is 6. The lowest BCUT2D eigenvalue weighted by atomic mass is 10.2. The van der Waals surface area contributed by atoms with E-state index in [1.54, 1.807) is 42.5 Å². The van der Waals surface area contributed by atoms with E-state index in [1.807, 2.05) is 0 Å². The van der Waals surface area contributed by atoms with Gasteiger partial charge in [-0.05, 0) is 18.2 Å². The Morgan fingerprint density at radius 3 is 2.62 bits per heavy atom. The maximum absolute atomic E-state index is 13.4. The van der Waals surface area contributed by atoms with Gasteiger partial charge in [-0.3, -0.25) is 4.79 Å². The quantitative estimate of drug-likeness (QED) is 0.804. The first kappa shape index (κ1) is 15.5. The fourth-order valence-electron chi connectivity index (χ4n) is 1.81. The first-order chi connectivity index (χ1) is 10.2. The summed E-state index contributed by atoms with van der Waals surface area (Å²) in [5.74, 6) is 0.0712. The van der Waals surface area contributed by atoms with E-state index in [0.29, 0.717) is 21.9 Å². The topological polar surface area (TPSA) is 49.3 Å². The van der Waals surface area contributed by atoms with Crippen LogP contribution >= 0.6 is 11.8 Å². The second kappa shape index (κ2) is 7.81. The molecular weight excluding hydrogens is 289 g/mol. The summed E-state index contributed by atoms with van der Waals surface area (Å²) in [6, 6.07) is 13.6. The molecule has 0 saturated carbocycles. The van der Waals surface area contributed by atoms with E-state index in [9.17, 15) is 14.3 Å². The van der Waals surface area contributed by atoms with Crippen molar-refractivity contribution in [1.82, 2.24) is 0 Å². The Bertz CT molecular complexity index is 619. The van der Waals surface area contributed by atoms with Crippen molar-refractivity contribution in [2.45, 2.75) is 17.9 Å². The van der Waals surface area contributed by atoms with Crippen LogP contribution in [0.25, 0.3) is 0 Å². The van der Waals surface area contributed by atoms with Crippen molar-refractivity contribution in [3.63, 3.8) is 0 Å². The summed E-state index contributed by atoms with van der Waals surface area (Å²) in [7, 11) is 0. The van der Waals surface area contributed by atoms with Crippen LogP contribution in [-0.2, 0) is 11.4 Å². The first-order valence-corrected chi connectivity index (χ1v) is 7.55. The second-order valence-electron chi connectivity index (χ2n) is 4.39. The SMILES string of the molecule is O=C(CCSc1ccccc1F)Nc1ccccc1CO. The zero-order valence-corrected chi connectivity index (χ0v) is 12.2. The molecular formula is C16H16FNO2S. The number of aliphatic hydroxyl groups excluding tert-OH is 1. The van der Waals surface area contributed by atoms with Crippen LogP contribution in [0.1, 0.15) is 12.0 Å². The van der Waals surface area contributed by atoms with E-state index in [4.69, 9.17) is 0 Å². The molecule has 0 unspecified atom stereocenters. The molecule has 0 saturated heterocycles. The Kier molecular flexibility index (Phi) is 5.78. The Hall–Kier alpha value is -1.85. The molecule has 5 heteroatoms. The normalized spacial score (nSPS) is 10.4. The average molecular weight is 305 g/mol. The minimum Gasteiger partial charge on any atom is -0.392 e. The summed E-state index contributed by atoms with van der Waals surface area (Å²) in [5.41, 5.74) is 1.29. The highest BCUT2D eigenvalue weighted by Crippen LogP contribution is 2.22. The van der Waals surface area contributed by atoms with Gasteiger partial charge in [-0.2, -0.15) is 0 Å². The third-order valence-electron chi connectivity index (χ3n) is 2.89. The van der Waals surface area contributed by atoms with Crippen molar-refractivity contribution in [2.75, 3.05) is 11.1 Å². The van der Waals surface area contributed by atoms with Gasteiger partial charge in [-0.15, -0.1) is 11.8 Å². The number of halogens is 1. The van der Waals surface area contributed by atoms with Crippen LogP contribution < -0.4 is 5.32 Å². The maximum Gasteiger partial charge on any atom is 0.225 e. The third kappa shape index (κ3) is 4.58. The van der Waals surface area contributed by atoms with Crippen LogP contribution in [0.2, 0.25) is 0 Å². The van der Waals surface area contributed by atoms with Gasteiger partial charge >= 0.3 is 0 Å². The lowest BCUT2D eigenvalue weighted by molar-refractivity contribution is -0.115. The predicted octanol–water partition coefficient (Wildman–Crippen LogP) is 3.44. The van der Waals surface area contributed by atoms with Crippen molar-refractivity contribution in [3.8, 4) is 0 Å². The molecule has 0 aliphatic rings. The highest BCUT2D eigenvalue weighted by atomic mass is 32.2. The number of carbonyl (C=O) groups is 1. The van der Waals surface area contributed by atoms with Crippen molar-refractivity contribution >= 4 is 23.4 Å². The van der Waals surface area contributed by atoms with Crippen molar-refractivity contribution < 1.29 is 14.3 Å². The van der Waals surface area contributed by atoms with E-state index in [0.717, 1.165) is 0 Å². The van der Waals surface area contributed by atoms with Crippen LogP contribution in [0, 0.1) is 5.82 Å². The molecule has 0 atom stereocenters. The van der Waals surface area contributed by atoms with Crippen molar-refractivity contribution in [3.05, 3.63) is 59.9 Å². The smallest absolute Gasteiger partial charge is 0.225 e. The number of aliphatic hydroxyl groups is 1. The van der Waals surface area contributed by atoms with E-state index >= 15 is 0 Å². The maximum atomic E-state index is 13.4. The molecule has 0 aromatic heterocycles. The van der Waals surface area contributed by atoms with E-state index in [-0.39, 0.29) is 24.8 Å². The summed E-state index contributed by atoms with van der Waals surface area (Å²) in [6.07, 6.45) is 0.277. The molecule has 2 rings (SSSR count). The summed E-state index contributed by atoms with van der Waals surface area (Å²) in [6.45, 7) is -0.125. The van der Waals surface area contributed by atoms with Gasteiger partial charge in [0.2, 0.25) is 5.91 Å². The zero-order chi connectivity index (χ0) is 15.1. The lowest BCUT2D eigenvalue weighted by Crippen LogP contribution is -2.13. The molecule has 0 heterocycles. The number of amides is 1. The van der Waals surface area contributed by atoms with Crippen molar-refractivity contribution in [1.29, 1.82) is 0 Å². The van der Waals surface area contributed by atoms with Gasteiger partial charge in [0.05, 0.1) is 6.61 Å². The Labute approximate surface area is 127 Å². The number of hydrogen-bond acceptors (Lipinski definition) is 3. The van der Waals surface area contributed by atoms with Gasteiger partial charge in [0.15, 0.2) is 0 Å². The van der Waals surface area contributed by atoms with Gasteiger partial charge in [-0.1, -0.05) is 30.3 Å². The van der Waals surface area contributed by atoms with Crippen LogP contribution in [0.4, 0.5) is 10.1 Å². The van der Waals surface area contributed by atoms with Gasteiger partial charge in [-0.25, -0.2) is 4.39 Å². The average Bonchev–Trinajstić information content (AvgIpc) is 2.50. The highest BCUT2D eigenvalue weighted by molar-refractivity contribution is 7.99. The first-order valence-electron chi connectivity index (χ1n) is 6.56. The molecule has 1 amide bonds. The second-order valence-corrected chi connectivity index (χ2v) is 5.53. The Balaban J connectivity index is 1.84. The van der Waals surface area contributed by atoms with Gasteiger partial charge in [0.1, 0.15) is 5.82 Å². The molecule has 2 aromatic rings. The molecule has 0 bridgehead atoms. The van der Waals surface area contributed by atoms with Crippen LogP contribution in [-0.4, -0.2) is 16.8 Å². The number of thioether (sulfide) groups is 1. The molecule has 21 heavy (non-hydrogen) atoms. The molecule has 110 valence electrons. The summed E-state index contributed by atoms with van der Waals surface area (Å²) >= 11 is 1.31. The molecule has 2 aromatic carbocycles. The highest BCUT2D eigenvalue weighted by Gasteiger charge is 2.07. The fourth-order valence-corrected chi connectivity index (χ4v) is 2.70. The fraction of sp³-hybridized carbons (Fsp3) is 0.188. The lowest BCUT2D eigenvalue weighted by Gasteiger charge is -2.09. The number of hydrogen-bond donors (Lipinski definition) is 2. The number of carbonyl (C=O) groups excluding carboxylic acids is 1. The number of para-hydroxylation sites is 1. The molecule has 2 N–H and O–H groups in total. The minimum absolute atomic E-state index is 0.125. The summed E-state index contributed by atoms with van der Waals surface area (Å²) in [5, 5.41) is 11.9. The Morgan fingerprint density at radius 2 is 1.86 bits per heavy atom. The summed E-state index contributed by atoms with van der Waals surface area (Å²) in [4.78, 5) is 12.4. The number of anilines is 1. The Morgan fingerprint density at radius 1 is 1.14 bits per heavy atom. The van der Waals surface area contributed by atoms with Crippen LogP contribution in [0.15, 0.2) is 53.4 Å². The van der Waals surface area contributed by atoms with Gasteiger partial charge < -0.3 is 10.4 Å². The molecule has 0 spiro atoms. The molecule has 0 fully saturated rings. The number of nitrogens with one attached hydrogen (secondary N) is 1. The zero-order valence-electron chi connectivity index (χ0n) is 11.4. The standard InChI is InChI=1S/C16H16FNO2S/c17-13-6-2-4-8-15(13)21-10-9-16(20)18-14-7-3-1-5-12(14)11-19/h1-8,19H,9-11H2,(H,18,20). The molecule has 0 aliphatic carbocycles. The van der Waals surface area contributed by atoms with Gasteiger partial charge in [0.25, 0.3) is 0 Å². The third-order valence-corrected chi connectivity index (χ3v) is 3.94. The summed E-state index contributed by atoms with van der Waals surface area (Å²) < 4.78 is 13.4. The molecule has 3 nitrogen and oxygen atoms in total. The van der Waals surface area contributed by atoms with E-state index < -0.39 is 0 Å². The molecule has 0 aliphatic heterocycles. The van der Waals surface area contributed by atoms with Crippen molar-refractivity contribution in [2.24, 2.45) is 0 Å². The molecule has 0 radical (unpaired) electrons.